The third-order valence-corrected chi connectivity index (χ3v) is 6.08. The number of nitrogens with one attached hydrogen (secondary N) is 1. The lowest BCUT2D eigenvalue weighted by atomic mass is 10.1. The van der Waals surface area contributed by atoms with Crippen LogP contribution in [0.25, 0.3) is 0 Å². The number of methoxy groups -OCH3 is 1. The lowest BCUT2D eigenvalue weighted by Crippen LogP contribution is -2.29. The standard InChI is InChI=1S/C20H22N2O5S/c1-14-6-5-7-17(19(23)22-12-3-4-13-22)18(14)21-28(25,26)16-10-8-15(9-11-16)20(24)27-2/h5-11,21H,3-4,12-13H2,1-2H3. The van der Waals surface area contributed by atoms with Gasteiger partial charge in [-0.15, -0.1) is 0 Å². The van der Waals surface area contributed by atoms with Crippen LogP contribution in [-0.2, 0) is 14.8 Å². The largest absolute Gasteiger partial charge is 0.465 e. The highest BCUT2D eigenvalue weighted by Crippen LogP contribution is 2.26. The molecule has 1 amide bonds. The number of anilines is 1. The van der Waals surface area contributed by atoms with Gasteiger partial charge in [-0.1, -0.05) is 12.1 Å². The molecule has 28 heavy (non-hydrogen) atoms. The number of sulfonamides is 1. The number of esters is 1. The zero-order chi connectivity index (χ0) is 20.3. The molecule has 1 aliphatic heterocycles. The van der Waals surface area contributed by atoms with E-state index in [-0.39, 0.29) is 22.1 Å². The van der Waals surface area contributed by atoms with Gasteiger partial charge in [0.1, 0.15) is 0 Å². The number of carbonyl (C=O) groups is 2. The van der Waals surface area contributed by atoms with Crippen LogP contribution < -0.4 is 4.72 Å². The highest BCUT2D eigenvalue weighted by Gasteiger charge is 2.25. The van der Waals surface area contributed by atoms with Crippen LogP contribution in [0.4, 0.5) is 5.69 Å². The minimum absolute atomic E-state index is 0.0111. The highest BCUT2D eigenvalue weighted by atomic mass is 32.2. The van der Waals surface area contributed by atoms with Crippen molar-refractivity contribution in [2.75, 3.05) is 24.9 Å². The second-order valence-corrected chi connectivity index (χ2v) is 8.30. The predicted octanol–water partition coefficient (Wildman–Crippen LogP) is 2.82. The van der Waals surface area contributed by atoms with E-state index in [0.29, 0.717) is 24.2 Å². The van der Waals surface area contributed by atoms with Gasteiger partial charge in [-0.3, -0.25) is 9.52 Å². The van der Waals surface area contributed by atoms with Gasteiger partial charge in [0, 0.05) is 13.1 Å². The number of hydrogen-bond acceptors (Lipinski definition) is 5. The molecule has 0 spiro atoms. The van der Waals surface area contributed by atoms with Gasteiger partial charge in [-0.2, -0.15) is 0 Å². The summed E-state index contributed by atoms with van der Waals surface area (Å²) in [7, 11) is -2.68. The molecule has 0 radical (unpaired) electrons. The Morgan fingerprint density at radius 3 is 2.29 bits per heavy atom. The summed E-state index contributed by atoms with van der Waals surface area (Å²) in [6, 6.07) is 10.5. The van der Waals surface area contributed by atoms with Crippen LogP contribution in [0.5, 0.6) is 0 Å². The average Bonchev–Trinajstić information content (AvgIpc) is 3.23. The van der Waals surface area contributed by atoms with Gasteiger partial charge in [0.15, 0.2) is 0 Å². The van der Waals surface area contributed by atoms with Crippen molar-refractivity contribution in [2.24, 2.45) is 0 Å². The average molecular weight is 402 g/mol. The predicted molar refractivity (Wildman–Crippen MR) is 105 cm³/mol. The Bertz CT molecular complexity index is 994. The molecule has 3 rings (SSSR count). The SMILES string of the molecule is COC(=O)c1ccc(S(=O)(=O)Nc2c(C)cccc2C(=O)N2CCCC2)cc1. The van der Waals surface area contributed by atoms with Crippen molar-refractivity contribution in [3.05, 3.63) is 59.2 Å². The van der Waals surface area contributed by atoms with E-state index in [9.17, 15) is 18.0 Å². The first-order valence-corrected chi connectivity index (χ1v) is 10.4. The summed E-state index contributed by atoms with van der Waals surface area (Å²) >= 11 is 0. The van der Waals surface area contributed by atoms with E-state index >= 15 is 0 Å². The molecule has 0 saturated carbocycles. The molecule has 7 nitrogen and oxygen atoms in total. The molecule has 2 aromatic carbocycles. The van der Waals surface area contributed by atoms with E-state index in [1.54, 1.807) is 30.0 Å². The Balaban J connectivity index is 1.92. The summed E-state index contributed by atoms with van der Waals surface area (Å²) in [5.74, 6) is -0.728. The van der Waals surface area contributed by atoms with Crippen molar-refractivity contribution in [1.82, 2.24) is 4.90 Å². The van der Waals surface area contributed by atoms with Gasteiger partial charge >= 0.3 is 5.97 Å². The van der Waals surface area contributed by atoms with Crippen molar-refractivity contribution in [3.63, 3.8) is 0 Å². The van der Waals surface area contributed by atoms with Crippen LogP contribution in [0.1, 0.15) is 39.1 Å². The van der Waals surface area contributed by atoms with Crippen molar-refractivity contribution < 1.29 is 22.7 Å². The van der Waals surface area contributed by atoms with Crippen molar-refractivity contribution in [3.8, 4) is 0 Å². The molecule has 0 unspecified atom stereocenters. The zero-order valence-electron chi connectivity index (χ0n) is 15.8. The number of likely N-dealkylation sites (tertiary alicyclic amines) is 1. The van der Waals surface area contributed by atoms with Crippen LogP contribution in [-0.4, -0.2) is 45.4 Å². The summed E-state index contributed by atoms with van der Waals surface area (Å²) in [5.41, 5.74) is 1.51. The minimum Gasteiger partial charge on any atom is -0.465 e. The number of hydrogen-bond donors (Lipinski definition) is 1. The number of para-hydroxylation sites is 1. The van der Waals surface area contributed by atoms with Gasteiger partial charge in [-0.25, -0.2) is 13.2 Å². The van der Waals surface area contributed by atoms with Crippen molar-refractivity contribution in [1.29, 1.82) is 0 Å². The Morgan fingerprint density at radius 1 is 1.04 bits per heavy atom. The lowest BCUT2D eigenvalue weighted by molar-refractivity contribution is 0.0600. The van der Waals surface area contributed by atoms with Gasteiger partial charge in [0.05, 0.1) is 28.8 Å². The van der Waals surface area contributed by atoms with Gasteiger partial charge in [-0.05, 0) is 55.7 Å². The molecule has 8 heteroatoms. The monoisotopic (exact) mass is 402 g/mol. The van der Waals surface area contributed by atoms with E-state index in [4.69, 9.17) is 0 Å². The summed E-state index contributed by atoms with van der Waals surface area (Å²) in [4.78, 5) is 26.1. The molecule has 1 N–H and O–H groups in total. The second-order valence-electron chi connectivity index (χ2n) is 6.62. The van der Waals surface area contributed by atoms with E-state index in [0.717, 1.165) is 12.8 Å². The fraction of sp³-hybridized carbons (Fsp3) is 0.300. The maximum atomic E-state index is 12.8. The van der Waals surface area contributed by atoms with Crippen LogP contribution in [0.15, 0.2) is 47.4 Å². The quantitative estimate of drug-likeness (QED) is 0.777. The molecular formula is C20H22N2O5S. The fourth-order valence-corrected chi connectivity index (χ4v) is 4.31. The van der Waals surface area contributed by atoms with Gasteiger partial charge in [0.2, 0.25) is 0 Å². The minimum atomic E-state index is -3.94. The number of rotatable bonds is 5. The van der Waals surface area contributed by atoms with Gasteiger partial charge in [0.25, 0.3) is 15.9 Å². The molecule has 1 aliphatic rings. The first kappa shape index (κ1) is 19.9. The number of carbonyl (C=O) groups excluding carboxylic acids is 2. The van der Waals surface area contributed by atoms with Crippen LogP contribution >= 0.6 is 0 Å². The third-order valence-electron chi connectivity index (χ3n) is 4.72. The molecule has 1 heterocycles. The van der Waals surface area contributed by atoms with Crippen molar-refractivity contribution in [2.45, 2.75) is 24.7 Å². The number of ether oxygens (including phenoxy) is 1. The molecule has 0 aliphatic carbocycles. The molecule has 0 aromatic heterocycles. The second kappa shape index (κ2) is 8.02. The first-order valence-electron chi connectivity index (χ1n) is 8.93. The van der Waals surface area contributed by atoms with E-state index < -0.39 is 16.0 Å². The molecule has 0 bridgehead atoms. The lowest BCUT2D eigenvalue weighted by Gasteiger charge is -2.20. The molecule has 2 aromatic rings. The zero-order valence-corrected chi connectivity index (χ0v) is 16.6. The number of aryl methyl sites for hydroxylation is 1. The summed E-state index contributed by atoms with van der Waals surface area (Å²) in [5, 5.41) is 0. The molecule has 1 saturated heterocycles. The molecular weight excluding hydrogens is 380 g/mol. The van der Waals surface area contributed by atoms with Gasteiger partial charge < -0.3 is 9.64 Å². The normalized spacial score (nSPS) is 14.0. The highest BCUT2D eigenvalue weighted by molar-refractivity contribution is 7.92. The van der Waals surface area contributed by atoms with Crippen LogP contribution in [0.3, 0.4) is 0 Å². The summed E-state index contributed by atoms with van der Waals surface area (Å²) < 4.78 is 32.9. The summed E-state index contributed by atoms with van der Waals surface area (Å²) in [6.45, 7) is 3.10. The number of benzene rings is 2. The van der Waals surface area contributed by atoms with Crippen LogP contribution in [0, 0.1) is 6.92 Å². The van der Waals surface area contributed by atoms with Crippen molar-refractivity contribution >= 4 is 27.6 Å². The molecule has 148 valence electrons. The topological polar surface area (TPSA) is 92.8 Å². The fourth-order valence-electron chi connectivity index (χ4n) is 3.15. The van der Waals surface area contributed by atoms with E-state index in [1.165, 1.54) is 31.4 Å². The Hall–Kier alpha value is -2.87. The van der Waals surface area contributed by atoms with E-state index in [1.807, 2.05) is 0 Å². The Labute approximate surface area is 164 Å². The maximum absolute atomic E-state index is 12.8. The molecule has 0 atom stereocenters. The third kappa shape index (κ3) is 4.01. The summed E-state index contributed by atoms with van der Waals surface area (Å²) in [6.07, 6.45) is 1.90. The number of amides is 1. The first-order chi connectivity index (χ1) is 13.3. The molecule has 1 fully saturated rings. The van der Waals surface area contributed by atoms with E-state index in [2.05, 4.69) is 9.46 Å². The van der Waals surface area contributed by atoms with Crippen LogP contribution in [0.2, 0.25) is 0 Å². The maximum Gasteiger partial charge on any atom is 0.337 e. The Kier molecular flexibility index (Phi) is 5.69. The smallest absolute Gasteiger partial charge is 0.337 e. The Morgan fingerprint density at radius 2 is 1.68 bits per heavy atom. The number of nitrogens with zero attached hydrogens (tertiary/aromatic N) is 1.